The third-order valence-corrected chi connectivity index (χ3v) is 8.08. The number of nitrogens with one attached hydrogen (secondary N) is 2. The van der Waals surface area contributed by atoms with Crippen molar-refractivity contribution in [3.05, 3.63) is 34.3 Å². The number of hydrogen-bond acceptors (Lipinski definition) is 10. The van der Waals surface area contributed by atoms with Gasteiger partial charge in [-0.25, -0.2) is 14.4 Å². The predicted octanol–water partition coefficient (Wildman–Crippen LogP) is 8.08. The average molecular weight is 855 g/mol. The molecule has 14 heteroatoms. The lowest BCUT2D eigenvalue weighted by molar-refractivity contribution is -0.159. The largest absolute Gasteiger partial charge is 0.460 e. The molecule has 0 heterocycles. The second-order valence-electron chi connectivity index (χ2n) is 18.0. The molecule has 1 rings (SSSR count). The molecule has 2 N–H and O–H groups in total. The van der Waals surface area contributed by atoms with Crippen LogP contribution in [-0.2, 0) is 49.5 Å². The number of ether oxygens (including phenoxy) is 4. The molecule has 56 heavy (non-hydrogen) atoms. The number of carbonyl (C=O) groups excluding carboxylic acids is 6. The third kappa shape index (κ3) is 24.8. The number of hydrogen-bond donors (Lipinski definition) is 2. The zero-order chi connectivity index (χ0) is 42.9. The van der Waals surface area contributed by atoms with Gasteiger partial charge < -0.3 is 34.5 Å². The van der Waals surface area contributed by atoms with Crippen LogP contribution in [0.2, 0.25) is 0 Å². The molecule has 0 aliphatic rings. The molecule has 318 valence electrons. The van der Waals surface area contributed by atoms with E-state index in [1.807, 2.05) is 45.0 Å². The number of urea groups is 1. The molecule has 0 unspecified atom stereocenters. The maximum Gasteiger partial charge on any atom is 0.329 e. The van der Waals surface area contributed by atoms with Gasteiger partial charge in [0.1, 0.15) is 34.5 Å². The molecule has 0 aliphatic heterocycles. The van der Waals surface area contributed by atoms with Crippen molar-refractivity contribution >= 4 is 51.7 Å². The fourth-order valence-electron chi connectivity index (χ4n) is 5.28. The van der Waals surface area contributed by atoms with Gasteiger partial charge in [-0.3, -0.25) is 14.4 Å². The zero-order valence-electron chi connectivity index (χ0n) is 35.9. The predicted molar refractivity (Wildman–Crippen MR) is 218 cm³/mol. The molecule has 0 fully saturated rings. The van der Waals surface area contributed by atoms with Crippen LogP contribution >= 0.6 is 15.9 Å². The molecule has 2 atom stereocenters. The summed E-state index contributed by atoms with van der Waals surface area (Å²) in [6.07, 6.45) is 3.52. The molecule has 0 bridgehead atoms. The lowest BCUT2D eigenvalue weighted by Gasteiger charge is -2.27. The van der Waals surface area contributed by atoms with Gasteiger partial charge in [0.15, 0.2) is 0 Å². The number of carbonyl (C=O) groups is 6. The van der Waals surface area contributed by atoms with Crippen molar-refractivity contribution in [1.29, 1.82) is 0 Å². The highest BCUT2D eigenvalue weighted by molar-refractivity contribution is 9.10. The summed E-state index contributed by atoms with van der Waals surface area (Å²) in [7, 11) is 0. The normalized spacial score (nSPS) is 13.2. The highest BCUT2D eigenvalue weighted by atomic mass is 79.9. The van der Waals surface area contributed by atoms with Crippen molar-refractivity contribution < 1.29 is 47.7 Å². The first-order chi connectivity index (χ1) is 25.6. The van der Waals surface area contributed by atoms with E-state index in [1.165, 1.54) is 0 Å². The van der Waals surface area contributed by atoms with E-state index in [0.29, 0.717) is 58.0 Å². The number of benzene rings is 1. The number of unbranched alkanes of at least 4 members (excludes halogenated alkanes) is 3. The Morgan fingerprint density at radius 3 is 1.50 bits per heavy atom. The Bertz CT molecular complexity index is 1440. The Morgan fingerprint density at radius 1 is 0.571 bits per heavy atom. The number of rotatable bonds is 20. The van der Waals surface area contributed by atoms with E-state index in [1.54, 1.807) is 67.2 Å². The summed E-state index contributed by atoms with van der Waals surface area (Å²) in [4.78, 5) is 79.5. The summed E-state index contributed by atoms with van der Waals surface area (Å²) < 4.78 is 22.8. The summed E-state index contributed by atoms with van der Waals surface area (Å²) in [5.74, 6) is -2.19. The van der Waals surface area contributed by atoms with Crippen molar-refractivity contribution in [2.45, 2.75) is 188 Å². The first-order valence-corrected chi connectivity index (χ1v) is 20.4. The van der Waals surface area contributed by atoms with Crippen molar-refractivity contribution in [3.63, 3.8) is 0 Å². The zero-order valence-corrected chi connectivity index (χ0v) is 37.4. The minimum absolute atomic E-state index is 0.0223. The molecule has 0 saturated carbocycles. The number of nitrogens with zero attached hydrogens (tertiary/aromatic N) is 1. The van der Waals surface area contributed by atoms with E-state index in [2.05, 4.69) is 26.6 Å². The molecular formula is C42H68BrN3O10. The standard InChI is InChI=1S/C42H68BrN3O10/c1-39(2,3)53-34(48)20-15-13-14-19-33(47)46(28-29-21-23-30(43)24-22-29)27-17-16-18-31(36(50)55-41(7,8)9)44-38(52)45-32(37(51)56-42(10,11)12)25-26-35(49)54-40(4,5)6/h21-24,31-32H,13-20,25-28H2,1-12H3,(H2,44,45,52)/t31-,32-/m0/s1. The van der Waals surface area contributed by atoms with Crippen LogP contribution in [0.1, 0.15) is 153 Å². The van der Waals surface area contributed by atoms with Crippen molar-refractivity contribution in [1.82, 2.24) is 15.5 Å². The quantitative estimate of drug-likeness (QED) is 0.0744. The fourth-order valence-corrected chi connectivity index (χ4v) is 5.55. The Kier molecular flexibility index (Phi) is 20.6. The van der Waals surface area contributed by atoms with Crippen LogP contribution in [0.25, 0.3) is 0 Å². The van der Waals surface area contributed by atoms with Crippen LogP contribution in [0.3, 0.4) is 0 Å². The summed E-state index contributed by atoms with van der Waals surface area (Å²) in [6.45, 7) is 21.7. The van der Waals surface area contributed by atoms with Crippen LogP contribution in [0.15, 0.2) is 28.7 Å². The topological polar surface area (TPSA) is 167 Å². The third-order valence-electron chi connectivity index (χ3n) is 7.55. The summed E-state index contributed by atoms with van der Waals surface area (Å²) >= 11 is 3.45. The van der Waals surface area contributed by atoms with E-state index in [9.17, 15) is 28.8 Å². The fraction of sp³-hybridized carbons (Fsp3) is 0.714. The van der Waals surface area contributed by atoms with Gasteiger partial charge in [0, 0.05) is 36.8 Å². The number of esters is 4. The lowest BCUT2D eigenvalue weighted by atomic mass is 10.1. The maximum atomic E-state index is 13.5. The molecule has 1 aromatic carbocycles. The Morgan fingerprint density at radius 2 is 1.02 bits per heavy atom. The molecule has 0 spiro atoms. The molecule has 13 nitrogen and oxygen atoms in total. The van der Waals surface area contributed by atoms with Gasteiger partial charge >= 0.3 is 29.9 Å². The Labute approximate surface area is 343 Å². The second-order valence-corrected chi connectivity index (χ2v) is 18.9. The summed E-state index contributed by atoms with van der Waals surface area (Å²) in [5, 5.41) is 5.25. The van der Waals surface area contributed by atoms with Crippen LogP contribution < -0.4 is 10.6 Å². The number of halogens is 1. The van der Waals surface area contributed by atoms with E-state index in [0.717, 1.165) is 10.0 Å². The van der Waals surface area contributed by atoms with Gasteiger partial charge in [-0.15, -0.1) is 0 Å². The minimum atomic E-state index is -1.20. The molecule has 0 radical (unpaired) electrons. The molecule has 0 aliphatic carbocycles. The molecule has 1 aromatic rings. The van der Waals surface area contributed by atoms with Gasteiger partial charge in [0.2, 0.25) is 5.91 Å². The molecule has 3 amide bonds. The van der Waals surface area contributed by atoms with E-state index in [4.69, 9.17) is 18.9 Å². The molecule has 0 saturated heterocycles. The average Bonchev–Trinajstić information content (AvgIpc) is 3.01. The van der Waals surface area contributed by atoms with Gasteiger partial charge in [-0.1, -0.05) is 34.5 Å². The lowest BCUT2D eigenvalue weighted by Crippen LogP contribution is -2.53. The highest BCUT2D eigenvalue weighted by Crippen LogP contribution is 2.18. The maximum absolute atomic E-state index is 13.5. The van der Waals surface area contributed by atoms with Gasteiger partial charge in [0.05, 0.1) is 0 Å². The van der Waals surface area contributed by atoms with Gasteiger partial charge in [0.25, 0.3) is 0 Å². The Balaban J connectivity index is 3.01. The first kappa shape index (κ1) is 50.3. The van der Waals surface area contributed by atoms with E-state index in [-0.39, 0.29) is 31.1 Å². The first-order valence-electron chi connectivity index (χ1n) is 19.6. The molecule has 0 aromatic heterocycles. The van der Waals surface area contributed by atoms with Crippen molar-refractivity contribution in [2.24, 2.45) is 0 Å². The second kappa shape index (κ2) is 22.9. The van der Waals surface area contributed by atoms with Crippen molar-refractivity contribution in [2.75, 3.05) is 6.54 Å². The van der Waals surface area contributed by atoms with Gasteiger partial charge in [-0.05, 0) is 139 Å². The van der Waals surface area contributed by atoms with Gasteiger partial charge in [-0.2, -0.15) is 0 Å². The summed E-state index contributed by atoms with van der Waals surface area (Å²) in [5.41, 5.74) is -1.99. The van der Waals surface area contributed by atoms with E-state index >= 15 is 0 Å². The number of amides is 3. The van der Waals surface area contributed by atoms with Crippen molar-refractivity contribution in [3.8, 4) is 0 Å². The highest BCUT2D eigenvalue weighted by Gasteiger charge is 2.31. The smallest absolute Gasteiger partial charge is 0.329 e. The van der Waals surface area contributed by atoms with Crippen LogP contribution in [0.5, 0.6) is 0 Å². The molecular weight excluding hydrogens is 786 g/mol. The summed E-state index contributed by atoms with van der Waals surface area (Å²) in [6, 6.07) is 4.66. The Hall–Kier alpha value is -3.68. The SMILES string of the molecule is CC(C)(C)OC(=O)CCCCCC(=O)N(CCCC[C@H](NC(=O)N[C@@H](CCC(=O)OC(C)(C)C)C(=O)OC(C)(C)C)C(=O)OC(C)(C)C)Cc1ccc(Br)cc1. The van der Waals surface area contributed by atoms with E-state index < -0.39 is 58.4 Å². The van der Waals surface area contributed by atoms with Crippen LogP contribution in [-0.4, -0.2) is 81.7 Å². The minimum Gasteiger partial charge on any atom is -0.460 e. The monoisotopic (exact) mass is 853 g/mol. The van der Waals surface area contributed by atoms with Crippen LogP contribution in [0.4, 0.5) is 4.79 Å². The van der Waals surface area contributed by atoms with Crippen LogP contribution in [0, 0.1) is 0 Å².